The minimum absolute atomic E-state index is 0.0193. The Morgan fingerprint density at radius 1 is 1.04 bits per heavy atom. The molecule has 1 aromatic carbocycles. The van der Waals surface area contributed by atoms with Crippen molar-refractivity contribution >= 4 is 19.8 Å². The first-order valence-electron chi connectivity index (χ1n) is 8.29. The van der Waals surface area contributed by atoms with Crippen molar-refractivity contribution in [3.05, 3.63) is 29.8 Å². The monoisotopic (exact) mass is 388 g/mol. The Kier molecular flexibility index (Phi) is 9.51. The highest BCUT2D eigenvalue weighted by atomic mass is 31.2. The molecule has 1 atom stereocenters. The van der Waals surface area contributed by atoms with Crippen LogP contribution in [0.15, 0.2) is 24.3 Å². The fraction of sp³-hybridized carbons (Fsp3) is 0.529. The molecule has 9 heteroatoms. The van der Waals surface area contributed by atoms with Crippen LogP contribution in [0.3, 0.4) is 0 Å². The molecule has 0 aliphatic heterocycles. The van der Waals surface area contributed by atoms with Crippen molar-refractivity contribution in [2.75, 3.05) is 26.4 Å². The molecule has 0 aliphatic carbocycles. The van der Waals surface area contributed by atoms with Crippen LogP contribution in [0.1, 0.15) is 38.1 Å². The van der Waals surface area contributed by atoms with Crippen LogP contribution in [0.2, 0.25) is 0 Å². The first kappa shape index (κ1) is 22.3. The van der Waals surface area contributed by atoms with Crippen molar-refractivity contribution in [2.45, 2.75) is 27.7 Å². The molecule has 0 spiro atoms. The minimum atomic E-state index is -3.60. The molecule has 0 saturated carbocycles. The summed E-state index contributed by atoms with van der Waals surface area (Å²) in [7, 11) is -3.60. The Morgan fingerprint density at radius 3 is 2.23 bits per heavy atom. The van der Waals surface area contributed by atoms with Crippen molar-refractivity contribution in [1.82, 2.24) is 0 Å². The Hall–Kier alpha value is -1.73. The van der Waals surface area contributed by atoms with Gasteiger partial charge in [-0.25, -0.2) is 9.36 Å². The molecule has 0 fully saturated rings. The summed E-state index contributed by atoms with van der Waals surface area (Å²) >= 11 is 0. The van der Waals surface area contributed by atoms with E-state index in [0.717, 1.165) is 0 Å². The van der Waals surface area contributed by atoms with Gasteiger partial charge in [-0.05, 0) is 26.0 Å². The second-order valence-electron chi connectivity index (χ2n) is 5.37. The molecule has 1 aromatic rings. The van der Waals surface area contributed by atoms with Gasteiger partial charge in [-0.15, -0.1) is 0 Å². The van der Waals surface area contributed by atoms with Gasteiger partial charge in [0.2, 0.25) is 0 Å². The van der Waals surface area contributed by atoms with E-state index in [1.807, 2.05) is 0 Å². The lowest BCUT2D eigenvalue weighted by Crippen LogP contribution is -2.17. The molecule has 0 radical (unpaired) electrons. The van der Waals surface area contributed by atoms with Crippen molar-refractivity contribution < 1.29 is 37.2 Å². The molecule has 0 saturated heterocycles. The minimum Gasteiger partial charge on any atom is -0.462 e. The highest BCUT2D eigenvalue weighted by Crippen LogP contribution is 2.49. The van der Waals surface area contributed by atoms with Crippen molar-refractivity contribution in [3.8, 4) is 5.75 Å². The summed E-state index contributed by atoms with van der Waals surface area (Å²) in [5.41, 5.74) is 0.144. The molecular formula is C17H25O8P. The van der Waals surface area contributed by atoms with Gasteiger partial charge in [0, 0.05) is 12.8 Å². The standard InChI is InChI=1S/C17H25O8P/c1-5-22-26(20,23-6-2)24-12-13(3)11-21-17(19)15-9-7-8-10-16(15)25-14(4)18/h7-10,13H,5-6,11-12H2,1-4H3. The van der Waals surface area contributed by atoms with Crippen molar-refractivity contribution in [1.29, 1.82) is 0 Å². The van der Waals surface area contributed by atoms with Crippen LogP contribution < -0.4 is 4.74 Å². The van der Waals surface area contributed by atoms with E-state index in [1.165, 1.54) is 19.1 Å². The maximum Gasteiger partial charge on any atom is 0.474 e. The number of esters is 2. The Morgan fingerprint density at radius 2 is 1.65 bits per heavy atom. The van der Waals surface area contributed by atoms with Gasteiger partial charge >= 0.3 is 19.8 Å². The van der Waals surface area contributed by atoms with Gasteiger partial charge in [-0.1, -0.05) is 19.1 Å². The highest BCUT2D eigenvalue weighted by Gasteiger charge is 2.26. The zero-order chi connectivity index (χ0) is 19.6. The maximum absolute atomic E-state index is 12.2. The van der Waals surface area contributed by atoms with E-state index in [2.05, 4.69) is 0 Å². The molecule has 26 heavy (non-hydrogen) atoms. The van der Waals surface area contributed by atoms with E-state index >= 15 is 0 Å². The molecule has 0 amide bonds. The fourth-order valence-corrected chi connectivity index (χ4v) is 3.16. The number of carbonyl (C=O) groups excluding carboxylic acids is 2. The van der Waals surface area contributed by atoms with Crippen LogP contribution in [-0.2, 0) is 27.7 Å². The first-order valence-corrected chi connectivity index (χ1v) is 9.75. The number of phosphoric ester groups is 1. The van der Waals surface area contributed by atoms with Crippen LogP contribution in [0.5, 0.6) is 5.75 Å². The second kappa shape index (κ2) is 11.1. The second-order valence-corrected chi connectivity index (χ2v) is 7.04. The van der Waals surface area contributed by atoms with Gasteiger partial charge in [-0.2, -0.15) is 0 Å². The number of hydrogen-bond acceptors (Lipinski definition) is 8. The summed E-state index contributed by atoms with van der Waals surface area (Å²) in [5.74, 6) is -1.29. The number of para-hydroxylation sites is 1. The molecule has 8 nitrogen and oxygen atoms in total. The van der Waals surface area contributed by atoms with E-state index in [9.17, 15) is 14.2 Å². The number of carbonyl (C=O) groups is 2. The maximum atomic E-state index is 12.2. The average molecular weight is 388 g/mol. The molecule has 0 bridgehead atoms. The van der Waals surface area contributed by atoms with Gasteiger partial charge < -0.3 is 9.47 Å². The Bertz CT molecular complexity index is 635. The number of hydrogen-bond donors (Lipinski definition) is 0. The molecule has 0 N–H and O–H groups in total. The Balaban J connectivity index is 2.57. The van der Waals surface area contributed by atoms with Gasteiger partial charge in [-0.3, -0.25) is 18.4 Å². The van der Waals surface area contributed by atoms with E-state index in [4.69, 9.17) is 23.0 Å². The summed E-state index contributed by atoms with van der Waals surface area (Å²) in [4.78, 5) is 23.3. The number of ether oxygens (including phenoxy) is 2. The van der Waals surface area contributed by atoms with Crippen LogP contribution in [0, 0.1) is 5.92 Å². The number of phosphoric acid groups is 1. The van der Waals surface area contributed by atoms with Crippen LogP contribution in [0.25, 0.3) is 0 Å². The van der Waals surface area contributed by atoms with Crippen LogP contribution >= 0.6 is 7.82 Å². The zero-order valence-electron chi connectivity index (χ0n) is 15.4. The molecule has 146 valence electrons. The topological polar surface area (TPSA) is 97.4 Å². The van der Waals surface area contributed by atoms with Gasteiger partial charge in [0.05, 0.1) is 26.4 Å². The first-order chi connectivity index (χ1) is 12.3. The number of benzene rings is 1. The van der Waals surface area contributed by atoms with Crippen LogP contribution in [0.4, 0.5) is 0 Å². The summed E-state index contributed by atoms with van der Waals surface area (Å²) in [6.07, 6.45) is 0. The van der Waals surface area contributed by atoms with Crippen molar-refractivity contribution in [2.24, 2.45) is 5.92 Å². The third-order valence-electron chi connectivity index (χ3n) is 2.95. The lowest BCUT2D eigenvalue weighted by Gasteiger charge is -2.19. The summed E-state index contributed by atoms with van der Waals surface area (Å²) in [6.45, 7) is 6.79. The van der Waals surface area contributed by atoms with E-state index in [0.29, 0.717) is 0 Å². The molecular weight excluding hydrogens is 363 g/mol. The SMILES string of the molecule is CCOP(=O)(OCC)OCC(C)COC(=O)c1ccccc1OC(C)=O. The molecule has 1 unspecified atom stereocenters. The fourth-order valence-electron chi connectivity index (χ4n) is 1.87. The van der Waals surface area contributed by atoms with Gasteiger partial charge in [0.25, 0.3) is 0 Å². The van der Waals surface area contributed by atoms with Crippen LogP contribution in [-0.4, -0.2) is 38.4 Å². The highest BCUT2D eigenvalue weighted by molar-refractivity contribution is 7.48. The lowest BCUT2D eigenvalue weighted by molar-refractivity contribution is -0.131. The predicted octanol–water partition coefficient (Wildman–Crippen LogP) is 3.60. The third kappa shape index (κ3) is 7.66. The van der Waals surface area contributed by atoms with E-state index in [1.54, 1.807) is 32.9 Å². The molecule has 0 aromatic heterocycles. The summed E-state index contributed by atoms with van der Waals surface area (Å²) in [6, 6.07) is 6.28. The van der Waals surface area contributed by atoms with Crippen molar-refractivity contribution in [3.63, 3.8) is 0 Å². The van der Waals surface area contributed by atoms with Gasteiger partial charge in [0.1, 0.15) is 11.3 Å². The van der Waals surface area contributed by atoms with E-state index in [-0.39, 0.29) is 43.7 Å². The zero-order valence-corrected chi connectivity index (χ0v) is 16.3. The number of rotatable bonds is 11. The van der Waals surface area contributed by atoms with Gasteiger partial charge in [0.15, 0.2) is 0 Å². The molecule has 0 heterocycles. The third-order valence-corrected chi connectivity index (χ3v) is 4.57. The normalized spacial score (nSPS) is 12.5. The largest absolute Gasteiger partial charge is 0.474 e. The molecule has 1 rings (SSSR count). The molecule has 0 aliphatic rings. The lowest BCUT2D eigenvalue weighted by atomic mass is 10.2. The smallest absolute Gasteiger partial charge is 0.462 e. The summed E-state index contributed by atoms with van der Waals surface area (Å²) < 4.78 is 37.7. The Labute approximate surface area is 153 Å². The predicted molar refractivity (Wildman–Crippen MR) is 94.0 cm³/mol. The summed E-state index contributed by atoms with van der Waals surface area (Å²) in [5, 5.41) is 0. The average Bonchev–Trinajstić information content (AvgIpc) is 2.58. The quantitative estimate of drug-likeness (QED) is 0.322. The van der Waals surface area contributed by atoms with E-state index < -0.39 is 19.8 Å².